The van der Waals surface area contributed by atoms with Crippen molar-refractivity contribution >= 4 is 6.09 Å². The molecule has 0 fully saturated rings. The molecular weight excluding hydrogens is 252 g/mol. The third-order valence-corrected chi connectivity index (χ3v) is 3.24. The average Bonchev–Trinajstić information content (AvgIpc) is 2.47. The van der Waals surface area contributed by atoms with Gasteiger partial charge >= 0.3 is 6.09 Å². The van der Waals surface area contributed by atoms with Crippen LogP contribution in [0.5, 0.6) is 0 Å². The van der Waals surface area contributed by atoms with E-state index in [9.17, 15) is 0 Å². The molecular formula is C16H18N2O2. The van der Waals surface area contributed by atoms with E-state index in [4.69, 9.17) is 9.90 Å². The van der Waals surface area contributed by atoms with Crippen LogP contribution in [0.2, 0.25) is 0 Å². The maximum atomic E-state index is 8.78. The number of amides is 1. The quantitative estimate of drug-likeness (QED) is 0.745. The number of hydrogen-bond donors (Lipinski definition) is 3. The molecule has 1 aliphatic rings. The topological polar surface area (TPSA) is 75.4 Å². The molecule has 0 aromatic heterocycles. The average molecular weight is 270 g/mol. The first-order valence-electron chi connectivity index (χ1n) is 6.53. The maximum Gasteiger partial charge on any atom is 0.402 e. The summed E-state index contributed by atoms with van der Waals surface area (Å²) in [6.45, 7) is 1.07. The second-order valence-corrected chi connectivity index (χ2v) is 4.58. The van der Waals surface area contributed by atoms with Gasteiger partial charge in [0.15, 0.2) is 0 Å². The Kier molecular flexibility index (Phi) is 4.74. The normalized spacial score (nSPS) is 16.5. The fraction of sp³-hybridized carbons (Fsp3) is 0.188. The summed E-state index contributed by atoms with van der Waals surface area (Å²) in [5.74, 6) is 0. The minimum atomic E-state index is -1.33. The van der Waals surface area contributed by atoms with Crippen LogP contribution in [0.15, 0.2) is 54.6 Å². The van der Waals surface area contributed by atoms with Crippen LogP contribution in [0.3, 0.4) is 0 Å². The van der Waals surface area contributed by atoms with Crippen molar-refractivity contribution in [2.75, 3.05) is 6.54 Å². The fourth-order valence-electron chi connectivity index (χ4n) is 2.45. The van der Waals surface area contributed by atoms with E-state index in [1.807, 2.05) is 0 Å². The van der Waals surface area contributed by atoms with Gasteiger partial charge in [-0.1, -0.05) is 54.6 Å². The first-order chi connectivity index (χ1) is 9.68. The van der Waals surface area contributed by atoms with Crippen LogP contribution in [-0.4, -0.2) is 17.7 Å². The van der Waals surface area contributed by atoms with Gasteiger partial charge < -0.3 is 16.2 Å². The van der Waals surface area contributed by atoms with E-state index >= 15 is 0 Å². The minimum Gasteiger partial charge on any atom is -0.465 e. The Balaban J connectivity index is 0.000000328. The molecule has 1 aliphatic heterocycles. The predicted molar refractivity (Wildman–Crippen MR) is 78.6 cm³/mol. The third-order valence-electron chi connectivity index (χ3n) is 3.24. The molecule has 3 rings (SSSR count). The number of primary amides is 1. The Bertz CT molecular complexity index is 566. The number of benzene rings is 2. The van der Waals surface area contributed by atoms with Gasteiger partial charge in [-0.2, -0.15) is 0 Å². The second kappa shape index (κ2) is 6.73. The summed E-state index contributed by atoms with van der Waals surface area (Å²) < 4.78 is 0. The predicted octanol–water partition coefficient (Wildman–Crippen LogP) is 2.54. The molecule has 2 aromatic rings. The molecule has 104 valence electrons. The Morgan fingerprint density at radius 3 is 2.40 bits per heavy atom. The van der Waals surface area contributed by atoms with Crippen LogP contribution >= 0.6 is 0 Å². The lowest BCUT2D eigenvalue weighted by Gasteiger charge is -2.27. The summed E-state index contributed by atoms with van der Waals surface area (Å²) in [5.41, 5.74) is 8.30. The third kappa shape index (κ3) is 3.59. The summed E-state index contributed by atoms with van der Waals surface area (Å²) in [7, 11) is 0. The number of fused-ring (bicyclic) bond motifs is 1. The number of rotatable bonds is 1. The highest BCUT2D eigenvalue weighted by Gasteiger charge is 2.19. The van der Waals surface area contributed by atoms with Crippen molar-refractivity contribution in [2.45, 2.75) is 12.5 Å². The van der Waals surface area contributed by atoms with Crippen molar-refractivity contribution in [3.63, 3.8) is 0 Å². The zero-order valence-electron chi connectivity index (χ0n) is 11.1. The lowest BCUT2D eigenvalue weighted by Crippen LogP contribution is -2.30. The van der Waals surface area contributed by atoms with Crippen LogP contribution in [0.25, 0.3) is 0 Å². The smallest absolute Gasteiger partial charge is 0.402 e. The van der Waals surface area contributed by atoms with E-state index in [1.54, 1.807) is 0 Å². The molecule has 1 heterocycles. The highest BCUT2D eigenvalue weighted by atomic mass is 16.4. The fourth-order valence-corrected chi connectivity index (χ4v) is 2.45. The van der Waals surface area contributed by atoms with Crippen LogP contribution in [-0.2, 0) is 6.42 Å². The van der Waals surface area contributed by atoms with Gasteiger partial charge in [-0.05, 0) is 23.1 Å². The molecule has 4 nitrogen and oxygen atoms in total. The van der Waals surface area contributed by atoms with Crippen molar-refractivity contribution < 1.29 is 9.90 Å². The number of hydrogen-bond acceptors (Lipinski definition) is 2. The molecule has 1 amide bonds. The van der Waals surface area contributed by atoms with Gasteiger partial charge in [-0.15, -0.1) is 0 Å². The maximum absolute atomic E-state index is 8.78. The Hall–Kier alpha value is -2.33. The molecule has 0 radical (unpaired) electrons. The SMILES string of the molecule is NC(=O)O.c1ccc(C2NCCc3ccccc32)cc1. The van der Waals surface area contributed by atoms with Gasteiger partial charge in [0.25, 0.3) is 0 Å². The van der Waals surface area contributed by atoms with E-state index in [1.165, 1.54) is 16.7 Å². The Labute approximate surface area is 118 Å². The van der Waals surface area contributed by atoms with Gasteiger partial charge in [0.1, 0.15) is 0 Å². The van der Waals surface area contributed by atoms with Crippen molar-refractivity contribution in [3.8, 4) is 0 Å². The molecule has 1 atom stereocenters. The molecule has 1 unspecified atom stereocenters. The van der Waals surface area contributed by atoms with E-state index < -0.39 is 6.09 Å². The molecule has 20 heavy (non-hydrogen) atoms. The van der Waals surface area contributed by atoms with Gasteiger partial charge in [-0.3, -0.25) is 0 Å². The summed E-state index contributed by atoms with van der Waals surface area (Å²) >= 11 is 0. The minimum absolute atomic E-state index is 0.367. The Morgan fingerprint density at radius 2 is 1.70 bits per heavy atom. The van der Waals surface area contributed by atoms with Crippen LogP contribution in [0.4, 0.5) is 4.79 Å². The lowest BCUT2D eigenvalue weighted by atomic mass is 9.90. The summed E-state index contributed by atoms with van der Waals surface area (Å²) in [5, 5.41) is 10.8. The number of nitrogens with one attached hydrogen (secondary N) is 1. The van der Waals surface area contributed by atoms with Crippen LogP contribution < -0.4 is 11.1 Å². The van der Waals surface area contributed by atoms with Gasteiger partial charge in [0.05, 0.1) is 6.04 Å². The van der Waals surface area contributed by atoms with E-state index in [0.717, 1.165) is 13.0 Å². The molecule has 0 spiro atoms. The molecule has 0 saturated heterocycles. The highest BCUT2D eigenvalue weighted by molar-refractivity contribution is 5.61. The Morgan fingerprint density at radius 1 is 1.10 bits per heavy atom. The van der Waals surface area contributed by atoms with Gasteiger partial charge in [0.2, 0.25) is 0 Å². The number of carbonyl (C=O) groups is 1. The highest BCUT2D eigenvalue weighted by Crippen LogP contribution is 2.27. The molecule has 2 aromatic carbocycles. The summed E-state index contributed by atoms with van der Waals surface area (Å²) in [6, 6.07) is 19.8. The summed E-state index contributed by atoms with van der Waals surface area (Å²) in [6.07, 6.45) is -0.195. The second-order valence-electron chi connectivity index (χ2n) is 4.58. The zero-order valence-corrected chi connectivity index (χ0v) is 11.1. The van der Waals surface area contributed by atoms with E-state index in [-0.39, 0.29) is 0 Å². The van der Waals surface area contributed by atoms with Crippen molar-refractivity contribution in [1.82, 2.24) is 5.32 Å². The van der Waals surface area contributed by atoms with E-state index in [2.05, 4.69) is 65.6 Å². The van der Waals surface area contributed by atoms with Gasteiger partial charge in [-0.25, -0.2) is 4.79 Å². The number of nitrogens with two attached hydrogens (primary N) is 1. The molecule has 0 saturated carbocycles. The standard InChI is InChI=1S/C15H15N.CH3NO2/c1-2-7-13(8-3-1)15-14-9-5-4-6-12(14)10-11-16-15;2-1(3)4/h1-9,15-16H,10-11H2;2H2,(H,3,4). The molecule has 4 heteroatoms. The largest absolute Gasteiger partial charge is 0.465 e. The molecule has 0 aliphatic carbocycles. The number of carboxylic acid groups (broad SMARTS) is 1. The lowest BCUT2D eigenvalue weighted by molar-refractivity contribution is 0.205. The summed E-state index contributed by atoms with van der Waals surface area (Å²) in [4.78, 5) is 8.78. The van der Waals surface area contributed by atoms with Crippen molar-refractivity contribution in [2.24, 2.45) is 5.73 Å². The van der Waals surface area contributed by atoms with Crippen molar-refractivity contribution in [1.29, 1.82) is 0 Å². The zero-order chi connectivity index (χ0) is 14.4. The first-order valence-corrected chi connectivity index (χ1v) is 6.53. The van der Waals surface area contributed by atoms with Crippen molar-refractivity contribution in [3.05, 3.63) is 71.3 Å². The molecule has 4 N–H and O–H groups in total. The monoisotopic (exact) mass is 270 g/mol. The first kappa shape index (κ1) is 14.1. The van der Waals surface area contributed by atoms with E-state index in [0.29, 0.717) is 6.04 Å². The van der Waals surface area contributed by atoms with Crippen LogP contribution in [0, 0.1) is 0 Å². The van der Waals surface area contributed by atoms with Gasteiger partial charge in [0, 0.05) is 6.54 Å². The van der Waals surface area contributed by atoms with Crippen LogP contribution in [0.1, 0.15) is 22.7 Å². The molecule has 0 bridgehead atoms.